The van der Waals surface area contributed by atoms with Crippen LogP contribution >= 0.6 is 24.4 Å². The summed E-state index contributed by atoms with van der Waals surface area (Å²) >= 11 is 10.1. The predicted molar refractivity (Wildman–Crippen MR) is 70.3 cm³/mol. The third-order valence-corrected chi connectivity index (χ3v) is 2.77. The van der Waals surface area contributed by atoms with Crippen LogP contribution in [0.25, 0.3) is 0 Å². The summed E-state index contributed by atoms with van der Waals surface area (Å²) in [6, 6.07) is 7.11. The molecule has 0 bridgehead atoms. The highest BCUT2D eigenvalue weighted by Crippen LogP contribution is 2.21. The Labute approximate surface area is 110 Å². The van der Waals surface area contributed by atoms with Crippen molar-refractivity contribution in [2.75, 3.05) is 0 Å². The van der Waals surface area contributed by atoms with Crippen molar-refractivity contribution >= 4 is 24.4 Å². The van der Waals surface area contributed by atoms with Gasteiger partial charge in [0.15, 0.2) is 0 Å². The normalized spacial score (nSPS) is 9.94. The van der Waals surface area contributed by atoms with Crippen LogP contribution in [0.3, 0.4) is 0 Å². The van der Waals surface area contributed by atoms with Gasteiger partial charge in [-0.3, -0.25) is 0 Å². The van der Waals surface area contributed by atoms with Gasteiger partial charge in [-0.05, 0) is 24.9 Å². The number of nitrogens with zero attached hydrogens (tertiary/aromatic N) is 2. The van der Waals surface area contributed by atoms with E-state index in [1.807, 2.05) is 12.1 Å². The molecular formula is C12H9ClN2OS. The maximum absolute atomic E-state index is 6.06. The Hall–Kier alpha value is -1.57. The molecule has 0 unspecified atom stereocenters. The standard InChI is InChI=1S/C12H9ClN2OS/c1-2-9-4-3-5-11(13)10(9)8-16-12-6-7-15(17)14-12/h1,3-7,17H,8H2. The van der Waals surface area contributed by atoms with E-state index in [-0.39, 0.29) is 6.61 Å². The molecule has 0 N–H and O–H groups in total. The molecule has 5 heteroatoms. The van der Waals surface area contributed by atoms with E-state index >= 15 is 0 Å². The largest absolute Gasteiger partial charge is 0.472 e. The lowest BCUT2D eigenvalue weighted by molar-refractivity contribution is 0.292. The van der Waals surface area contributed by atoms with Gasteiger partial charge in [0.05, 0.1) is 0 Å². The maximum Gasteiger partial charge on any atom is 0.234 e. The molecule has 1 heterocycles. The van der Waals surface area contributed by atoms with Gasteiger partial charge in [0, 0.05) is 28.4 Å². The molecule has 0 fully saturated rings. The first-order chi connectivity index (χ1) is 8.20. The summed E-state index contributed by atoms with van der Waals surface area (Å²) in [5, 5.41) is 4.56. The predicted octanol–water partition coefficient (Wildman–Crippen LogP) is 2.79. The Morgan fingerprint density at radius 2 is 2.29 bits per heavy atom. The molecule has 2 rings (SSSR count). The number of ether oxygens (including phenoxy) is 1. The first-order valence-electron chi connectivity index (χ1n) is 4.82. The molecule has 0 aliphatic rings. The van der Waals surface area contributed by atoms with Gasteiger partial charge in [0.25, 0.3) is 0 Å². The molecule has 1 aromatic heterocycles. The number of hydrogen-bond acceptors (Lipinski definition) is 3. The second-order valence-corrected chi connectivity index (χ2v) is 4.09. The van der Waals surface area contributed by atoms with Crippen molar-refractivity contribution in [3.63, 3.8) is 0 Å². The van der Waals surface area contributed by atoms with E-state index in [0.29, 0.717) is 10.9 Å². The fourth-order valence-electron chi connectivity index (χ4n) is 1.36. The second kappa shape index (κ2) is 5.17. The van der Waals surface area contributed by atoms with E-state index in [1.165, 1.54) is 4.09 Å². The SMILES string of the molecule is C#Cc1cccc(Cl)c1COc1ccn(S)n1. The Morgan fingerprint density at radius 1 is 1.47 bits per heavy atom. The molecule has 0 aliphatic heterocycles. The number of aromatic nitrogens is 2. The number of terminal acetylenes is 1. The minimum atomic E-state index is 0.282. The fraction of sp³-hybridized carbons (Fsp3) is 0.0833. The Balaban J connectivity index is 2.17. The molecule has 0 aliphatic carbocycles. The minimum Gasteiger partial charge on any atom is -0.472 e. The van der Waals surface area contributed by atoms with Gasteiger partial charge in [0.2, 0.25) is 5.88 Å². The third-order valence-electron chi connectivity index (χ3n) is 2.19. The molecule has 3 nitrogen and oxygen atoms in total. The van der Waals surface area contributed by atoms with Crippen LogP contribution in [0.15, 0.2) is 30.5 Å². The first kappa shape index (κ1) is 11.9. The van der Waals surface area contributed by atoms with Crippen molar-refractivity contribution in [3.8, 4) is 18.2 Å². The summed E-state index contributed by atoms with van der Waals surface area (Å²) in [4.78, 5) is 0. The average Bonchev–Trinajstić information content (AvgIpc) is 2.73. The van der Waals surface area contributed by atoms with Crippen LogP contribution in [0.1, 0.15) is 11.1 Å². The molecule has 0 saturated heterocycles. The maximum atomic E-state index is 6.06. The van der Waals surface area contributed by atoms with Gasteiger partial charge < -0.3 is 4.74 Å². The lowest BCUT2D eigenvalue weighted by Crippen LogP contribution is -2.00. The van der Waals surface area contributed by atoms with Crippen molar-refractivity contribution in [2.24, 2.45) is 0 Å². The lowest BCUT2D eigenvalue weighted by atomic mass is 10.1. The smallest absolute Gasteiger partial charge is 0.234 e. The van der Waals surface area contributed by atoms with Gasteiger partial charge in [-0.25, -0.2) is 4.09 Å². The highest BCUT2D eigenvalue weighted by Gasteiger charge is 2.07. The van der Waals surface area contributed by atoms with Crippen LogP contribution in [-0.2, 0) is 6.61 Å². The average molecular weight is 265 g/mol. The molecule has 17 heavy (non-hydrogen) atoms. The summed E-state index contributed by atoms with van der Waals surface area (Å²) in [6.07, 6.45) is 7.07. The first-order valence-corrected chi connectivity index (χ1v) is 5.60. The van der Waals surface area contributed by atoms with Crippen LogP contribution in [0.5, 0.6) is 5.88 Å². The lowest BCUT2D eigenvalue weighted by Gasteiger charge is -2.07. The van der Waals surface area contributed by atoms with E-state index < -0.39 is 0 Å². The van der Waals surface area contributed by atoms with Crippen molar-refractivity contribution in [3.05, 3.63) is 46.6 Å². The highest BCUT2D eigenvalue weighted by atomic mass is 35.5. The Kier molecular flexibility index (Phi) is 3.62. The van der Waals surface area contributed by atoms with Crippen molar-refractivity contribution in [1.82, 2.24) is 9.19 Å². The Bertz CT molecular complexity index is 574. The number of halogens is 1. The summed E-state index contributed by atoms with van der Waals surface area (Å²) in [7, 11) is 0. The molecule has 1 aromatic carbocycles. The molecule has 86 valence electrons. The molecular weight excluding hydrogens is 256 g/mol. The zero-order chi connectivity index (χ0) is 12.3. The fourth-order valence-corrected chi connectivity index (χ4v) is 1.75. The number of thiol groups is 1. The number of hydrogen-bond donors (Lipinski definition) is 1. The van der Waals surface area contributed by atoms with Crippen molar-refractivity contribution < 1.29 is 4.74 Å². The summed E-state index contributed by atoms with van der Waals surface area (Å²) in [5.41, 5.74) is 1.51. The van der Waals surface area contributed by atoms with Gasteiger partial charge in [0.1, 0.15) is 6.61 Å². The molecule has 0 spiro atoms. The van der Waals surface area contributed by atoms with Crippen molar-refractivity contribution in [2.45, 2.75) is 6.61 Å². The molecule has 2 aromatic rings. The van der Waals surface area contributed by atoms with Crippen LogP contribution in [0.4, 0.5) is 0 Å². The third kappa shape index (κ3) is 2.76. The van der Waals surface area contributed by atoms with Crippen molar-refractivity contribution in [1.29, 1.82) is 0 Å². The molecule has 0 saturated carbocycles. The monoisotopic (exact) mass is 264 g/mol. The molecule has 0 amide bonds. The highest BCUT2D eigenvalue weighted by molar-refractivity contribution is 7.78. The zero-order valence-corrected chi connectivity index (χ0v) is 10.4. The van der Waals surface area contributed by atoms with Crippen LogP contribution in [0, 0.1) is 12.3 Å². The van der Waals surface area contributed by atoms with Gasteiger partial charge in [-0.2, -0.15) is 0 Å². The van der Waals surface area contributed by atoms with Gasteiger partial charge in [-0.15, -0.1) is 11.5 Å². The van der Waals surface area contributed by atoms with Gasteiger partial charge in [-0.1, -0.05) is 23.6 Å². The van der Waals surface area contributed by atoms with E-state index in [2.05, 4.69) is 23.8 Å². The van der Waals surface area contributed by atoms with Crippen LogP contribution in [-0.4, -0.2) is 9.19 Å². The molecule has 0 atom stereocenters. The van der Waals surface area contributed by atoms with E-state index in [0.717, 1.165) is 11.1 Å². The summed E-state index contributed by atoms with van der Waals surface area (Å²) in [5.74, 6) is 3.05. The minimum absolute atomic E-state index is 0.282. The van der Waals surface area contributed by atoms with Crippen LogP contribution in [0.2, 0.25) is 5.02 Å². The Morgan fingerprint density at radius 3 is 2.94 bits per heavy atom. The molecule has 0 radical (unpaired) electrons. The van der Waals surface area contributed by atoms with Gasteiger partial charge >= 0.3 is 0 Å². The number of rotatable bonds is 3. The second-order valence-electron chi connectivity index (χ2n) is 3.27. The van der Waals surface area contributed by atoms with E-state index in [9.17, 15) is 0 Å². The van der Waals surface area contributed by atoms with E-state index in [4.69, 9.17) is 22.8 Å². The van der Waals surface area contributed by atoms with E-state index in [1.54, 1.807) is 18.3 Å². The van der Waals surface area contributed by atoms with Crippen LogP contribution < -0.4 is 4.74 Å². The zero-order valence-electron chi connectivity index (χ0n) is 8.80. The summed E-state index contributed by atoms with van der Waals surface area (Å²) < 4.78 is 6.84. The number of benzene rings is 1. The summed E-state index contributed by atoms with van der Waals surface area (Å²) in [6.45, 7) is 0.282. The quantitative estimate of drug-likeness (QED) is 0.682. The topological polar surface area (TPSA) is 27.1 Å².